The molecule has 0 radical (unpaired) electrons. The van der Waals surface area contributed by atoms with Crippen molar-refractivity contribution in [2.24, 2.45) is 0 Å². The second-order valence-electron chi connectivity index (χ2n) is 6.33. The van der Waals surface area contributed by atoms with E-state index in [0.717, 1.165) is 22.5 Å². The molecular weight excluding hydrogens is 379 g/mol. The maximum absolute atomic E-state index is 13.0. The monoisotopic (exact) mass is 396 g/mol. The van der Waals surface area contributed by atoms with Crippen molar-refractivity contribution in [3.05, 3.63) is 58.7 Å². The van der Waals surface area contributed by atoms with E-state index in [9.17, 15) is 9.18 Å². The Balaban J connectivity index is 1.42. The quantitative estimate of drug-likeness (QED) is 0.557. The number of thiazole rings is 1. The number of amides is 1. The summed E-state index contributed by atoms with van der Waals surface area (Å²) in [5.74, 6) is 0.133. The van der Waals surface area contributed by atoms with Crippen LogP contribution in [-0.4, -0.2) is 30.5 Å². The van der Waals surface area contributed by atoms with Gasteiger partial charge in [-0.05, 0) is 50.1 Å². The third-order valence-corrected chi connectivity index (χ3v) is 5.24. The molecule has 0 aliphatic rings. The fraction of sp³-hybridized carbons (Fsp3) is 0.211. The summed E-state index contributed by atoms with van der Waals surface area (Å²) in [6.45, 7) is 3.85. The van der Waals surface area contributed by atoms with Gasteiger partial charge in [0.05, 0.1) is 5.69 Å². The molecule has 0 aliphatic heterocycles. The zero-order valence-electron chi connectivity index (χ0n) is 15.3. The van der Waals surface area contributed by atoms with E-state index in [0.29, 0.717) is 29.4 Å². The van der Waals surface area contributed by atoms with Gasteiger partial charge in [0.2, 0.25) is 5.91 Å². The standard InChI is InChI=1S/C19H17FN6OS/c1-11-15(12(2)26-18(23-11)21-10-22-26)7-8-17(27)25-19-24-16(9-28-19)13-3-5-14(20)6-4-13/h3-6,9-10H,7-8H2,1-2H3,(H,24,25,27). The van der Waals surface area contributed by atoms with E-state index >= 15 is 0 Å². The number of aromatic nitrogens is 5. The lowest BCUT2D eigenvalue weighted by atomic mass is 10.1. The minimum Gasteiger partial charge on any atom is -0.302 e. The number of rotatable bonds is 5. The Labute approximate surface area is 164 Å². The van der Waals surface area contributed by atoms with Crippen molar-refractivity contribution in [1.29, 1.82) is 0 Å². The van der Waals surface area contributed by atoms with Gasteiger partial charge in [-0.2, -0.15) is 10.1 Å². The second kappa shape index (κ2) is 7.43. The molecular formula is C19H17FN6OS. The number of nitrogens with zero attached hydrogens (tertiary/aromatic N) is 5. The van der Waals surface area contributed by atoms with Crippen molar-refractivity contribution in [2.45, 2.75) is 26.7 Å². The van der Waals surface area contributed by atoms with E-state index < -0.39 is 0 Å². The number of hydrogen-bond acceptors (Lipinski definition) is 6. The van der Waals surface area contributed by atoms with Gasteiger partial charge >= 0.3 is 0 Å². The predicted molar refractivity (Wildman–Crippen MR) is 105 cm³/mol. The molecule has 1 N–H and O–H groups in total. The molecule has 0 saturated heterocycles. The molecule has 4 aromatic rings. The van der Waals surface area contributed by atoms with Gasteiger partial charge in [-0.25, -0.2) is 18.9 Å². The minimum atomic E-state index is -0.295. The lowest BCUT2D eigenvalue weighted by Crippen LogP contribution is -2.14. The SMILES string of the molecule is Cc1nc2ncnn2c(C)c1CCC(=O)Nc1nc(-c2ccc(F)cc2)cs1. The van der Waals surface area contributed by atoms with Crippen LogP contribution in [0, 0.1) is 19.7 Å². The Morgan fingerprint density at radius 2 is 2.00 bits per heavy atom. The van der Waals surface area contributed by atoms with E-state index in [4.69, 9.17) is 0 Å². The van der Waals surface area contributed by atoms with Crippen LogP contribution in [0.3, 0.4) is 0 Å². The van der Waals surface area contributed by atoms with Crippen LogP contribution >= 0.6 is 11.3 Å². The number of benzene rings is 1. The maximum Gasteiger partial charge on any atom is 0.252 e. The molecule has 0 bridgehead atoms. The van der Waals surface area contributed by atoms with Crippen LogP contribution in [-0.2, 0) is 11.2 Å². The molecule has 4 rings (SSSR count). The van der Waals surface area contributed by atoms with E-state index in [1.54, 1.807) is 16.6 Å². The van der Waals surface area contributed by atoms with Crippen LogP contribution in [0.2, 0.25) is 0 Å². The van der Waals surface area contributed by atoms with Gasteiger partial charge in [0.25, 0.3) is 5.78 Å². The summed E-state index contributed by atoms with van der Waals surface area (Å²) in [7, 11) is 0. The average Bonchev–Trinajstić information content (AvgIpc) is 3.31. The van der Waals surface area contributed by atoms with Crippen LogP contribution in [0.5, 0.6) is 0 Å². The molecule has 1 aromatic carbocycles. The Bertz CT molecular complexity index is 1150. The molecule has 0 atom stereocenters. The van der Waals surface area contributed by atoms with E-state index in [2.05, 4.69) is 25.4 Å². The van der Waals surface area contributed by atoms with Gasteiger partial charge < -0.3 is 5.32 Å². The van der Waals surface area contributed by atoms with E-state index in [1.165, 1.54) is 29.8 Å². The van der Waals surface area contributed by atoms with Crippen molar-refractivity contribution in [3.8, 4) is 11.3 Å². The summed E-state index contributed by atoms with van der Waals surface area (Å²) in [4.78, 5) is 25.3. The molecule has 3 aromatic heterocycles. The van der Waals surface area contributed by atoms with Crippen LogP contribution in [0.1, 0.15) is 23.4 Å². The van der Waals surface area contributed by atoms with Gasteiger partial charge in [0, 0.05) is 28.8 Å². The van der Waals surface area contributed by atoms with Gasteiger partial charge in [-0.3, -0.25) is 4.79 Å². The summed E-state index contributed by atoms with van der Waals surface area (Å²) in [6.07, 6.45) is 2.31. The van der Waals surface area contributed by atoms with Crippen molar-refractivity contribution in [1.82, 2.24) is 24.6 Å². The lowest BCUT2D eigenvalue weighted by Gasteiger charge is -2.10. The molecule has 0 aliphatic carbocycles. The molecule has 0 spiro atoms. The molecule has 28 heavy (non-hydrogen) atoms. The molecule has 7 nitrogen and oxygen atoms in total. The van der Waals surface area contributed by atoms with Crippen molar-refractivity contribution < 1.29 is 9.18 Å². The van der Waals surface area contributed by atoms with E-state index in [-0.39, 0.29) is 11.7 Å². The highest BCUT2D eigenvalue weighted by atomic mass is 32.1. The fourth-order valence-electron chi connectivity index (χ4n) is 3.02. The molecule has 0 fully saturated rings. The fourth-order valence-corrected chi connectivity index (χ4v) is 3.76. The second-order valence-corrected chi connectivity index (χ2v) is 7.18. The number of carbonyl (C=O) groups is 1. The van der Waals surface area contributed by atoms with E-state index in [1.807, 2.05) is 19.2 Å². The first-order valence-electron chi connectivity index (χ1n) is 8.68. The average molecular weight is 396 g/mol. The molecule has 0 saturated carbocycles. The van der Waals surface area contributed by atoms with Crippen LogP contribution in [0.15, 0.2) is 36.0 Å². The number of halogens is 1. The summed E-state index contributed by atoms with van der Waals surface area (Å²) in [5, 5.41) is 9.34. The Morgan fingerprint density at radius 1 is 1.21 bits per heavy atom. The number of aryl methyl sites for hydroxylation is 2. The first kappa shape index (κ1) is 18.2. The van der Waals surface area contributed by atoms with Gasteiger partial charge in [-0.1, -0.05) is 0 Å². The largest absolute Gasteiger partial charge is 0.302 e. The van der Waals surface area contributed by atoms with Crippen LogP contribution < -0.4 is 5.32 Å². The first-order chi connectivity index (χ1) is 13.5. The molecule has 3 heterocycles. The van der Waals surface area contributed by atoms with Gasteiger partial charge in [0.15, 0.2) is 5.13 Å². The lowest BCUT2D eigenvalue weighted by molar-refractivity contribution is -0.116. The highest BCUT2D eigenvalue weighted by Gasteiger charge is 2.14. The molecule has 1 amide bonds. The molecule has 0 unspecified atom stereocenters. The minimum absolute atomic E-state index is 0.127. The smallest absolute Gasteiger partial charge is 0.252 e. The Hall–Kier alpha value is -3.20. The van der Waals surface area contributed by atoms with Crippen LogP contribution in [0.25, 0.3) is 17.0 Å². The third kappa shape index (κ3) is 3.61. The number of nitrogens with one attached hydrogen (secondary N) is 1. The molecule has 142 valence electrons. The van der Waals surface area contributed by atoms with Crippen molar-refractivity contribution in [2.75, 3.05) is 5.32 Å². The normalized spacial score (nSPS) is 11.1. The topological polar surface area (TPSA) is 85.1 Å². The summed E-state index contributed by atoms with van der Waals surface area (Å²) >= 11 is 1.34. The Morgan fingerprint density at radius 3 is 2.79 bits per heavy atom. The Kier molecular flexibility index (Phi) is 4.82. The number of hydrogen-bond donors (Lipinski definition) is 1. The summed E-state index contributed by atoms with van der Waals surface area (Å²) < 4.78 is 14.7. The maximum atomic E-state index is 13.0. The van der Waals surface area contributed by atoms with Gasteiger partial charge in [-0.15, -0.1) is 11.3 Å². The number of anilines is 1. The zero-order chi connectivity index (χ0) is 19.7. The number of carbonyl (C=O) groups excluding carboxylic acids is 1. The van der Waals surface area contributed by atoms with Gasteiger partial charge in [0.1, 0.15) is 12.1 Å². The predicted octanol–water partition coefficient (Wildman–Crippen LogP) is 3.58. The molecule has 9 heteroatoms. The van der Waals surface area contributed by atoms with Crippen LogP contribution in [0.4, 0.5) is 9.52 Å². The number of fused-ring (bicyclic) bond motifs is 1. The van der Waals surface area contributed by atoms with Crippen molar-refractivity contribution >= 4 is 28.2 Å². The third-order valence-electron chi connectivity index (χ3n) is 4.48. The first-order valence-corrected chi connectivity index (χ1v) is 9.56. The highest BCUT2D eigenvalue weighted by Crippen LogP contribution is 2.25. The summed E-state index contributed by atoms with van der Waals surface area (Å²) in [6, 6.07) is 6.10. The highest BCUT2D eigenvalue weighted by molar-refractivity contribution is 7.14. The zero-order valence-corrected chi connectivity index (χ0v) is 16.1. The summed E-state index contributed by atoms with van der Waals surface area (Å²) in [5.41, 5.74) is 4.27. The van der Waals surface area contributed by atoms with Crippen molar-refractivity contribution in [3.63, 3.8) is 0 Å².